The van der Waals surface area contributed by atoms with Gasteiger partial charge in [-0.05, 0) is 37.3 Å². The number of likely N-dealkylation sites (N-methyl/N-ethyl adjacent to an activating group) is 1. The van der Waals surface area contributed by atoms with Crippen LogP contribution in [-0.4, -0.2) is 38.9 Å². The molecule has 25 heavy (non-hydrogen) atoms. The van der Waals surface area contributed by atoms with Gasteiger partial charge >= 0.3 is 0 Å². The highest BCUT2D eigenvalue weighted by atomic mass is 35.5. The Bertz CT molecular complexity index is 707. The second-order valence-electron chi connectivity index (χ2n) is 5.94. The van der Waals surface area contributed by atoms with Gasteiger partial charge in [0.1, 0.15) is 5.75 Å². The van der Waals surface area contributed by atoms with Crippen molar-refractivity contribution in [3.63, 3.8) is 0 Å². The summed E-state index contributed by atoms with van der Waals surface area (Å²) in [6.45, 7) is 3.38. The van der Waals surface area contributed by atoms with Crippen molar-refractivity contribution in [2.24, 2.45) is 0 Å². The molecule has 134 valence electrons. The fourth-order valence-electron chi connectivity index (χ4n) is 2.31. The average Bonchev–Trinajstić information content (AvgIpc) is 2.57. The van der Waals surface area contributed by atoms with E-state index < -0.39 is 0 Å². The van der Waals surface area contributed by atoms with Gasteiger partial charge in [0.25, 0.3) is 5.91 Å². The van der Waals surface area contributed by atoms with Crippen molar-refractivity contribution in [3.05, 3.63) is 53.1 Å². The zero-order valence-electron chi connectivity index (χ0n) is 14.8. The van der Waals surface area contributed by atoms with Crippen LogP contribution in [0.1, 0.15) is 5.56 Å². The maximum Gasteiger partial charge on any atom is 0.279 e. The second kappa shape index (κ2) is 9.70. The molecule has 1 unspecified atom stereocenters. The van der Waals surface area contributed by atoms with Gasteiger partial charge in [0, 0.05) is 15.7 Å². The number of carbonyl (C=O) groups is 1. The van der Waals surface area contributed by atoms with Gasteiger partial charge in [0.05, 0.1) is 26.4 Å². The lowest BCUT2D eigenvalue weighted by Crippen LogP contribution is -3.10. The number of carbonyl (C=O) groups excluding carboxylic acids is 1. The zero-order valence-corrected chi connectivity index (χ0v) is 16.3. The predicted molar refractivity (Wildman–Crippen MR) is 105 cm³/mol. The number of amides is 1. The Morgan fingerprint density at radius 3 is 2.64 bits per heavy atom. The first-order chi connectivity index (χ1) is 12.0. The molecule has 0 heterocycles. The van der Waals surface area contributed by atoms with E-state index in [4.69, 9.17) is 16.3 Å². The number of hydrogen-bond donors (Lipinski definition) is 2. The molecule has 6 heteroatoms. The van der Waals surface area contributed by atoms with Crippen molar-refractivity contribution in [2.45, 2.75) is 11.8 Å². The molecule has 4 nitrogen and oxygen atoms in total. The lowest BCUT2D eigenvalue weighted by atomic mass is 10.2. The minimum absolute atomic E-state index is 0.0570. The van der Waals surface area contributed by atoms with Crippen LogP contribution in [0.25, 0.3) is 0 Å². The Morgan fingerprint density at radius 2 is 1.96 bits per heavy atom. The molecule has 2 aromatic rings. The second-order valence-corrected chi connectivity index (χ2v) is 7.54. The van der Waals surface area contributed by atoms with E-state index in [1.54, 1.807) is 37.1 Å². The molecule has 0 aromatic heterocycles. The molecular formula is C19H24ClN2O2S+. The highest BCUT2D eigenvalue weighted by molar-refractivity contribution is 7.99. The van der Waals surface area contributed by atoms with Crippen LogP contribution < -0.4 is 15.0 Å². The van der Waals surface area contributed by atoms with Crippen LogP contribution in [0.4, 0.5) is 5.69 Å². The first kappa shape index (κ1) is 19.6. The lowest BCUT2D eigenvalue weighted by Gasteiger charge is -2.15. The van der Waals surface area contributed by atoms with E-state index in [9.17, 15) is 4.79 Å². The van der Waals surface area contributed by atoms with Crippen LogP contribution >= 0.6 is 23.4 Å². The highest BCUT2D eigenvalue weighted by Crippen LogP contribution is 2.27. The lowest BCUT2D eigenvalue weighted by molar-refractivity contribution is -0.868. The third-order valence-corrected chi connectivity index (χ3v) is 4.97. The fraction of sp³-hybridized carbons (Fsp3) is 0.316. The Labute approximate surface area is 158 Å². The van der Waals surface area contributed by atoms with Crippen LogP contribution in [0.5, 0.6) is 5.75 Å². The third-order valence-electron chi connectivity index (χ3n) is 3.72. The number of thioether (sulfide) groups is 1. The molecule has 0 radical (unpaired) electrons. The molecule has 0 saturated heterocycles. The van der Waals surface area contributed by atoms with Crippen LogP contribution in [0.3, 0.4) is 0 Å². The van der Waals surface area contributed by atoms with E-state index >= 15 is 0 Å². The van der Waals surface area contributed by atoms with E-state index in [1.807, 2.05) is 7.05 Å². The van der Waals surface area contributed by atoms with E-state index in [0.29, 0.717) is 23.0 Å². The van der Waals surface area contributed by atoms with Crippen LogP contribution in [0.15, 0.2) is 47.4 Å². The number of methoxy groups -OCH3 is 1. The molecule has 0 aliphatic heterocycles. The van der Waals surface area contributed by atoms with Gasteiger partial charge in [0.2, 0.25) is 0 Å². The van der Waals surface area contributed by atoms with Crippen LogP contribution in [0.2, 0.25) is 5.02 Å². The number of aryl methyl sites for hydroxylation is 1. The average molecular weight is 380 g/mol. The van der Waals surface area contributed by atoms with Gasteiger partial charge < -0.3 is 15.0 Å². The van der Waals surface area contributed by atoms with Crippen molar-refractivity contribution in [1.82, 2.24) is 0 Å². The smallest absolute Gasteiger partial charge is 0.279 e. The maximum atomic E-state index is 12.2. The predicted octanol–water partition coefficient (Wildman–Crippen LogP) is 2.90. The normalized spacial score (nSPS) is 11.8. The molecule has 0 bridgehead atoms. The van der Waals surface area contributed by atoms with E-state index in [0.717, 1.165) is 17.2 Å². The standard InChI is InChI=1S/C19H23ClN2O2S/c1-14-4-7-16(8-5-14)25-11-10-22(2)13-19(23)21-17-12-15(20)6-9-18(17)24-3/h4-9,12H,10-11,13H2,1-3H3,(H,21,23)/p+1. The van der Waals surface area contributed by atoms with Crippen molar-refractivity contribution in [1.29, 1.82) is 0 Å². The Morgan fingerprint density at radius 1 is 1.24 bits per heavy atom. The summed E-state index contributed by atoms with van der Waals surface area (Å²) in [4.78, 5) is 14.6. The number of halogens is 1. The monoisotopic (exact) mass is 379 g/mol. The third kappa shape index (κ3) is 6.61. The summed E-state index contributed by atoms with van der Waals surface area (Å²) >= 11 is 7.79. The highest BCUT2D eigenvalue weighted by Gasteiger charge is 2.13. The molecule has 1 atom stereocenters. The largest absolute Gasteiger partial charge is 0.495 e. The van der Waals surface area contributed by atoms with Gasteiger partial charge in [-0.15, -0.1) is 11.8 Å². The molecule has 0 fully saturated rings. The van der Waals surface area contributed by atoms with E-state index in [2.05, 4.69) is 36.5 Å². The van der Waals surface area contributed by atoms with Gasteiger partial charge in [-0.25, -0.2) is 0 Å². The number of benzene rings is 2. The quantitative estimate of drug-likeness (QED) is 0.693. The van der Waals surface area contributed by atoms with Gasteiger partial charge in [-0.1, -0.05) is 29.3 Å². The number of quaternary nitrogens is 1. The number of nitrogens with one attached hydrogen (secondary N) is 2. The topological polar surface area (TPSA) is 42.8 Å². The Hall–Kier alpha value is -1.69. The van der Waals surface area contributed by atoms with Crippen LogP contribution in [-0.2, 0) is 4.79 Å². The van der Waals surface area contributed by atoms with Gasteiger partial charge in [-0.3, -0.25) is 4.79 Å². The minimum Gasteiger partial charge on any atom is -0.495 e. The summed E-state index contributed by atoms with van der Waals surface area (Å²) in [5.41, 5.74) is 1.86. The first-order valence-corrected chi connectivity index (χ1v) is 9.48. The Balaban J connectivity index is 1.78. The molecule has 0 aliphatic rings. The first-order valence-electron chi connectivity index (χ1n) is 8.12. The Kier molecular flexibility index (Phi) is 7.62. The summed E-state index contributed by atoms with van der Waals surface area (Å²) in [5, 5.41) is 3.43. The molecule has 0 saturated carbocycles. The summed E-state index contributed by atoms with van der Waals surface area (Å²) in [7, 11) is 3.59. The van der Waals surface area contributed by atoms with Gasteiger partial charge in [0.15, 0.2) is 6.54 Å². The van der Waals surface area contributed by atoms with Gasteiger partial charge in [-0.2, -0.15) is 0 Å². The molecule has 2 aromatic carbocycles. The molecule has 2 N–H and O–H groups in total. The zero-order chi connectivity index (χ0) is 18.2. The summed E-state index contributed by atoms with van der Waals surface area (Å²) in [5.74, 6) is 1.51. The molecule has 0 spiro atoms. The van der Waals surface area contributed by atoms with Crippen molar-refractivity contribution < 1.29 is 14.4 Å². The number of ether oxygens (including phenoxy) is 1. The molecule has 1 amide bonds. The van der Waals surface area contributed by atoms with Crippen LogP contribution in [0, 0.1) is 6.92 Å². The summed E-state index contributed by atoms with van der Waals surface area (Å²) < 4.78 is 5.24. The number of anilines is 1. The molecule has 0 aliphatic carbocycles. The van der Waals surface area contributed by atoms with Crippen molar-refractivity contribution in [2.75, 3.05) is 38.3 Å². The minimum atomic E-state index is -0.0570. The number of hydrogen-bond acceptors (Lipinski definition) is 3. The molecular weight excluding hydrogens is 356 g/mol. The van der Waals surface area contributed by atoms with Crippen molar-refractivity contribution in [3.8, 4) is 5.75 Å². The number of rotatable bonds is 8. The fourth-order valence-corrected chi connectivity index (χ4v) is 3.50. The summed E-state index contributed by atoms with van der Waals surface area (Å²) in [6, 6.07) is 13.7. The van der Waals surface area contributed by atoms with E-state index in [1.165, 1.54) is 10.5 Å². The maximum absolute atomic E-state index is 12.2. The van der Waals surface area contributed by atoms with Crippen molar-refractivity contribution >= 4 is 35.0 Å². The summed E-state index contributed by atoms with van der Waals surface area (Å²) in [6.07, 6.45) is 0. The van der Waals surface area contributed by atoms with E-state index in [-0.39, 0.29) is 5.91 Å². The SMILES string of the molecule is COc1ccc(Cl)cc1NC(=O)C[NH+](C)CCSc1ccc(C)cc1. The molecule has 2 rings (SSSR count).